The summed E-state index contributed by atoms with van der Waals surface area (Å²) in [6, 6.07) is 1.51. The lowest BCUT2D eigenvalue weighted by Crippen LogP contribution is -2.31. The molecule has 0 aliphatic rings. The molecule has 1 aromatic heterocycles. The first-order valence-corrected chi connectivity index (χ1v) is 5.15. The molecule has 0 unspecified atom stereocenters. The quantitative estimate of drug-likeness (QED) is 0.711. The standard InChI is InChI=1S/C11H15N3O4/c1-4-5-14(7-10(15)16)11-12-8(17-2)6-9(13-11)18-3/h4,6H,1,5,7H2,2-3H3,(H,15,16). The van der Waals surface area contributed by atoms with Crippen LogP contribution in [0.25, 0.3) is 0 Å². The van der Waals surface area contributed by atoms with Crippen molar-refractivity contribution in [2.45, 2.75) is 0 Å². The van der Waals surface area contributed by atoms with Crippen LogP contribution in [0.1, 0.15) is 0 Å². The molecule has 18 heavy (non-hydrogen) atoms. The van der Waals surface area contributed by atoms with Gasteiger partial charge in [0.25, 0.3) is 0 Å². The third kappa shape index (κ3) is 3.62. The molecule has 0 radical (unpaired) electrons. The van der Waals surface area contributed by atoms with Crippen molar-refractivity contribution in [1.29, 1.82) is 0 Å². The van der Waals surface area contributed by atoms with E-state index in [-0.39, 0.29) is 12.5 Å². The second-order valence-corrected chi connectivity index (χ2v) is 3.32. The number of rotatable bonds is 7. The molecule has 98 valence electrons. The van der Waals surface area contributed by atoms with Crippen molar-refractivity contribution in [2.75, 3.05) is 32.2 Å². The fourth-order valence-corrected chi connectivity index (χ4v) is 1.28. The number of nitrogens with zero attached hydrogens (tertiary/aromatic N) is 3. The average Bonchev–Trinajstić information content (AvgIpc) is 2.37. The monoisotopic (exact) mass is 253 g/mol. The molecule has 0 aromatic carbocycles. The summed E-state index contributed by atoms with van der Waals surface area (Å²) in [5.41, 5.74) is 0. The molecule has 0 aliphatic heterocycles. The molecule has 0 amide bonds. The lowest BCUT2D eigenvalue weighted by molar-refractivity contribution is -0.135. The maximum absolute atomic E-state index is 10.8. The van der Waals surface area contributed by atoms with Crippen molar-refractivity contribution >= 4 is 11.9 Å². The minimum Gasteiger partial charge on any atom is -0.481 e. The van der Waals surface area contributed by atoms with Gasteiger partial charge in [-0.25, -0.2) is 0 Å². The predicted molar refractivity (Wildman–Crippen MR) is 65.2 cm³/mol. The van der Waals surface area contributed by atoms with Crippen molar-refractivity contribution in [1.82, 2.24) is 9.97 Å². The number of aromatic nitrogens is 2. The molecule has 0 aliphatic carbocycles. The van der Waals surface area contributed by atoms with Crippen LogP contribution < -0.4 is 14.4 Å². The van der Waals surface area contributed by atoms with Crippen molar-refractivity contribution in [3.63, 3.8) is 0 Å². The van der Waals surface area contributed by atoms with Gasteiger partial charge in [0.15, 0.2) is 0 Å². The molecular weight excluding hydrogens is 238 g/mol. The maximum Gasteiger partial charge on any atom is 0.323 e. The lowest BCUT2D eigenvalue weighted by Gasteiger charge is -2.19. The second kappa shape index (κ2) is 6.43. The van der Waals surface area contributed by atoms with E-state index in [1.54, 1.807) is 6.08 Å². The Hall–Kier alpha value is -2.31. The molecule has 0 saturated heterocycles. The van der Waals surface area contributed by atoms with Crippen LogP contribution >= 0.6 is 0 Å². The molecule has 0 bridgehead atoms. The topological polar surface area (TPSA) is 84.8 Å². The van der Waals surface area contributed by atoms with Gasteiger partial charge >= 0.3 is 5.97 Å². The maximum atomic E-state index is 10.8. The van der Waals surface area contributed by atoms with Gasteiger partial charge in [0.1, 0.15) is 6.54 Å². The highest BCUT2D eigenvalue weighted by Crippen LogP contribution is 2.19. The average molecular weight is 253 g/mol. The fourth-order valence-electron chi connectivity index (χ4n) is 1.28. The van der Waals surface area contributed by atoms with Gasteiger partial charge in [0.05, 0.1) is 20.3 Å². The van der Waals surface area contributed by atoms with E-state index in [1.807, 2.05) is 0 Å². The number of hydrogen-bond donors (Lipinski definition) is 1. The predicted octanol–water partition coefficient (Wildman–Crippen LogP) is 0.571. The van der Waals surface area contributed by atoms with Crippen LogP contribution in [0.5, 0.6) is 11.8 Å². The Kier molecular flexibility index (Phi) is 4.91. The van der Waals surface area contributed by atoms with Gasteiger partial charge in [-0.1, -0.05) is 6.08 Å². The second-order valence-electron chi connectivity index (χ2n) is 3.32. The van der Waals surface area contributed by atoms with E-state index in [9.17, 15) is 4.79 Å². The van der Waals surface area contributed by atoms with E-state index in [2.05, 4.69) is 16.5 Å². The van der Waals surface area contributed by atoms with Crippen LogP contribution in [-0.2, 0) is 4.79 Å². The molecule has 0 saturated carbocycles. The van der Waals surface area contributed by atoms with Gasteiger partial charge in [-0.15, -0.1) is 6.58 Å². The molecule has 0 fully saturated rings. The first-order valence-electron chi connectivity index (χ1n) is 5.15. The summed E-state index contributed by atoms with van der Waals surface area (Å²) in [4.78, 5) is 20.4. The lowest BCUT2D eigenvalue weighted by atomic mass is 10.4. The number of ether oxygens (including phenoxy) is 2. The molecule has 1 aromatic rings. The van der Waals surface area contributed by atoms with Crippen LogP contribution in [0.4, 0.5) is 5.95 Å². The summed E-state index contributed by atoms with van der Waals surface area (Å²) < 4.78 is 10.00. The van der Waals surface area contributed by atoms with Crippen LogP contribution in [0.15, 0.2) is 18.7 Å². The zero-order chi connectivity index (χ0) is 13.5. The Labute approximate surface area is 105 Å². The van der Waals surface area contributed by atoms with Crippen LogP contribution in [0.3, 0.4) is 0 Å². The fraction of sp³-hybridized carbons (Fsp3) is 0.364. The number of carboxylic acids is 1. The molecule has 1 heterocycles. The van der Waals surface area contributed by atoms with Crippen molar-refractivity contribution in [3.05, 3.63) is 18.7 Å². The molecular formula is C11H15N3O4. The summed E-state index contributed by atoms with van der Waals surface area (Å²) in [5.74, 6) is -0.164. The summed E-state index contributed by atoms with van der Waals surface area (Å²) >= 11 is 0. The summed E-state index contributed by atoms with van der Waals surface area (Å²) in [7, 11) is 2.92. The third-order valence-corrected chi connectivity index (χ3v) is 2.04. The first kappa shape index (κ1) is 13.8. The van der Waals surface area contributed by atoms with E-state index < -0.39 is 5.97 Å². The van der Waals surface area contributed by atoms with E-state index in [0.717, 1.165) is 0 Å². The highest BCUT2D eigenvalue weighted by atomic mass is 16.5. The number of aliphatic carboxylic acids is 1. The van der Waals surface area contributed by atoms with Gasteiger partial charge in [0, 0.05) is 6.54 Å². The Morgan fingerprint density at radius 1 is 1.44 bits per heavy atom. The van der Waals surface area contributed by atoms with E-state index in [4.69, 9.17) is 14.6 Å². The van der Waals surface area contributed by atoms with E-state index in [0.29, 0.717) is 18.3 Å². The SMILES string of the molecule is C=CCN(CC(=O)O)c1nc(OC)cc(OC)n1. The highest BCUT2D eigenvalue weighted by Gasteiger charge is 2.15. The smallest absolute Gasteiger partial charge is 0.323 e. The van der Waals surface area contributed by atoms with Crippen molar-refractivity contribution in [3.8, 4) is 11.8 Å². The number of carbonyl (C=O) groups is 1. The molecule has 1 rings (SSSR count). The molecule has 1 N–H and O–H groups in total. The van der Waals surface area contributed by atoms with E-state index >= 15 is 0 Å². The van der Waals surface area contributed by atoms with Gasteiger partial charge in [-0.2, -0.15) is 9.97 Å². The van der Waals surface area contributed by atoms with Gasteiger partial charge in [-0.05, 0) is 0 Å². The number of hydrogen-bond acceptors (Lipinski definition) is 6. The number of carboxylic acid groups (broad SMARTS) is 1. The Balaban J connectivity index is 3.08. The minimum atomic E-state index is -0.984. The number of methoxy groups -OCH3 is 2. The van der Waals surface area contributed by atoms with Gasteiger partial charge in [-0.3, -0.25) is 4.79 Å². The Morgan fingerprint density at radius 2 is 2.00 bits per heavy atom. The molecule has 0 atom stereocenters. The van der Waals surface area contributed by atoms with Crippen LogP contribution in [0.2, 0.25) is 0 Å². The molecule has 0 spiro atoms. The summed E-state index contributed by atoms with van der Waals surface area (Å²) in [6.45, 7) is 3.64. The largest absolute Gasteiger partial charge is 0.481 e. The molecule has 7 heteroatoms. The zero-order valence-electron chi connectivity index (χ0n) is 10.3. The minimum absolute atomic E-state index is 0.216. The molecule has 7 nitrogen and oxygen atoms in total. The Morgan fingerprint density at radius 3 is 2.39 bits per heavy atom. The van der Waals surface area contributed by atoms with Crippen molar-refractivity contribution in [2.24, 2.45) is 0 Å². The zero-order valence-corrected chi connectivity index (χ0v) is 10.3. The highest BCUT2D eigenvalue weighted by molar-refractivity contribution is 5.72. The van der Waals surface area contributed by atoms with Crippen molar-refractivity contribution < 1.29 is 19.4 Å². The van der Waals surface area contributed by atoms with Crippen LogP contribution in [0, 0.1) is 0 Å². The first-order chi connectivity index (χ1) is 8.60. The normalized spacial score (nSPS) is 9.67. The Bertz CT molecular complexity index is 414. The van der Waals surface area contributed by atoms with E-state index in [1.165, 1.54) is 25.2 Å². The summed E-state index contributed by atoms with van der Waals surface area (Å²) in [6.07, 6.45) is 1.57. The summed E-state index contributed by atoms with van der Waals surface area (Å²) in [5, 5.41) is 8.83. The number of anilines is 1. The third-order valence-electron chi connectivity index (χ3n) is 2.04. The van der Waals surface area contributed by atoms with Crippen LogP contribution in [-0.4, -0.2) is 48.4 Å². The van der Waals surface area contributed by atoms with Gasteiger partial charge < -0.3 is 19.5 Å². The van der Waals surface area contributed by atoms with Gasteiger partial charge in [0.2, 0.25) is 17.7 Å².